The first kappa shape index (κ1) is 20.0. The zero-order valence-corrected chi connectivity index (χ0v) is 17.2. The van der Waals surface area contributed by atoms with E-state index in [4.69, 9.17) is 9.47 Å². The molecule has 28 heavy (non-hydrogen) atoms. The van der Waals surface area contributed by atoms with E-state index >= 15 is 0 Å². The molecule has 3 rings (SSSR count). The highest BCUT2D eigenvalue weighted by molar-refractivity contribution is 7.92. The van der Waals surface area contributed by atoms with Crippen molar-refractivity contribution in [3.8, 4) is 11.5 Å². The topological polar surface area (TPSA) is 76.2 Å². The number of para-hydroxylation sites is 1. The fourth-order valence-corrected chi connectivity index (χ4v) is 4.37. The average Bonchev–Trinajstić information content (AvgIpc) is 3.00. The van der Waals surface area contributed by atoms with Crippen molar-refractivity contribution in [3.05, 3.63) is 48.0 Å². The molecular weight excluding hydrogens is 380 g/mol. The number of ether oxygens (including phenoxy) is 2. The Morgan fingerprint density at radius 1 is 1.14 bits per heavy atom. The van der Waals surface area contributed by atoms with Crippen molar-refractivity contribution >= 4 is 27.3 Å². The molecule has 0 radical (unpaired) electrons. The molecule has 1 amide bonds. The molecule has 1 atom stereocenters. The van der Waals surface area contributed by atoms with Crippen molar-refractivity contribution in [3.63, 3.8) is 0 Å². The molecule has 8 heteroatoms. The molecule has 0 aliphatic carbocycles. The Balaban J connectivity index is 1.94. The maximum absolute atomic E-state index is 13.1. The molecule has 1 heterocycles. The first-order valence-corrected chi connectivity index (χ1v) is 10.7. The maximum atomic E-state index is 13.1. The van der Waals surface area contributed by atoms with Crippen molar-refractivity contribution in [1.29, 1.82) is 0 Å². The Labute approximate surface area is 165 Å². The summed E-state index contributed by atoms with van der Waals surface area (Å²) in [4.78, 5) is 14.8. The molecule has 0 saturated heterocycles. The van der Waals surface area contributed by atoms with Crippen LogP contribution in [-0.2, 0) is 21.2 Å². The molecular formula is C20H24N2O5S. The average molecular weight is 404 g/mol. The highest BCUT2D eigenvalue weighted by Crippen LogP contribution is 2.34. The van der Waals surface area contributed by atoms with Gasteiger partial charge in [0.25, 0.3) is 0 Å². The van der Waals surface area contributed by atoms with Crippen molar-refractivity contribution in [2.24, 2.45) is 0 Å². The molecule has 0 unspecified atom stereocenters. The lowest BCUT2D eigenvalue weighted by molar-refractivity contribution is -0.117. The van der Waals surface area contributed by atoms with Crippen LogP contribution in [0.15, 0.2) is 42.5 Å². The van der Waals surface area contributed by atoms with E-state index in [-0.39, 0.29) is 18.5 Å². The summed E-state index contributed by atoms with van der Waals surface area (Å²) >= 11 is 0. The predicted molar refractivity (Wildman–Crippen MR) is 109 cm³/mol. The van der Waals surface area contributed by atoms with Crippen LogP contribution in [0, 0.1) is 0 Å². The second-order valence-electron chi connectivity index (χ2n) is 6.75. The van der Waals surface area contributed by atoms with Gasteiger partial charge in [0.1, 0.15) is 6.54 Å². The van der Waals surface area contributed by atoms with Gasteiger partial charge >= 0.3 is 0 Å². The van der Waals surface area contributed by atoms with Crippen LogP contribution in [-0.4, -0.2) is 47.4 Å². The summed E-state index contributed by atoms with van der Waals surface area (Å²) in [5.41, 5.74) is 2.26. The van der Waals surface area contributed by atoms with Gasteiger partial charge in [0.15, 0.2) is 11.5 Å². The number of hydrogen-bond donors (Lipinski definition) is 0. The van der Waals surface area contributed by atoms with Gasteiger partial charge in [0, 0.05) is 17.8 Å². The molecule has 0 fully saturated rings. The van der Waals surface area contributed by atoms with Crippen LogP contribution in [0.2, 0.25) is 0 Å². The summed E-state index contributed by atoms with van der Waals surface area (Å²) in [5, 5.41) is 0. The highest BCUT2D eigenvalue weighted by atomic mass is 32.2. The molecule has 0 spiro atoms. The molecule has 0 N–H and O–H groups in total. The van der Waals surface area contributed by atoms with Crippen LogP contribution in [0.25, 0.3) is 0 Å². The van der Waals surface area contributed by atoms with E-state index in [1.165, 1.54) is 14.2 Å². The Kier molecular flexibility index (Phi) is 5.51. The van der Waals surface area contributed by atoms with Gasteiger partial charge < -0.3 is 14.4 Å². The Bertz CT molecular complexity index is 990. The summed E-state index contributed by atoms with van der Waals surface area (Å²) in [7, 11) is -0.718. The van der Waals surface area contributed by atoms with E-state index in [0.717, 1.165) is 28.2 Å². The lowest BCUT2D eigenvalue weighted by Crippen LogP contribution is -2.45. The van der Waals surface area contributed by atoms with Crippen LogP contribution in [0.4, 0.5) is 11.4 Å². The van der Waals surface area contributed by atoms with Gasteiger partial charge in [0.2, 0.25) is 15.9 Å². The van der Waals surface area contributed by atoms with Gasteiger partial charge in [0.05, 0.1) is 26.2 Å². The minimum absolute atomic E-state index is 0.0308. The zero-order valence-electron chi connectivity index (χ0n) is 16.4. The Morgan fingerprint density at radius 2 is 1.82 bits per heavy atom. The van der Waals surface area contributed by atoms with Crippen LogP contribution in [0.3, 0.4) is 0 Å². The number of rotatable bonds is 6. The van der Waals surface area contributed by atoms with Crippen LogP contribution in [0.1, 0.15) is 12.5 Å². The lowest BCUT2D eigenvalue weighted by Gasteiger charge is -2.28. The van der Waals surface area contributed by atoms with Crippen molar-refractivity contribution in [2.75, 3.05) is 36.2 Å². The molecule has 0 bridgehead atoms. The molecule has 150 valence electrons. The number of nitrogens with zero attached hydrogens (tertiary/aromatic N) is 2. The van der Waals surface area contributed by atoms with Gasteiger partial charge in [-0.25, -0.2) is 8.42 Å². The van der Waals surface area contributed by atoms with Crippen molar-refractivity contribution in [1.82, 2.24) is 0 Å². The van der Waals surface area contributed by atoms with Gasteiger partial charge in [-0.15, -0.1) is 0 Å². The predicted octanol–water partition coefficient (Wildman–Crippen LogP) is 2.45. The summed E-state index contributed by atoms with van der Waals surface area (Å²) in [6.07, 6.45) is 1.83. The third-order valence-corrected chi connectivity index (χ3v) is 5.95. The standard InChI is InChI=1S/C20H24N2O5S/c1-14-11-15-7-5-6-8-17(15)22(14)20(23)13-21(28(4,24)25)16-9-10-18(26-2)19(12-16)27-3/h5-10,12,14H,11,13H2,1-4H3/t14-/m1/s1. The number of anilines is 2. The van der Waals surface area contributed by atoms with E-state index in [1.54, 1.807) is 23.1 Å². The van der Waals surface area contributed by atoms with Gasteiger partial charge in [-0.1, -0.05) is 18.2 Å². The minimum atomic E-state index is -3.69. The van der Waals surface area contributed by atoms with Gasteiger partial charge in [-0.3, -0.25) is 9.10 Å². The molecule has 0 saturated carbocycles. The lowest BCUT2D eigenvalue weighted by atomic mass is 10.1. The SMILES string of the molecule is COc1ccc(N(CC(=O)N2c3ccccc3C[C@H]2C)S(C)(=O)=O)cc1OC. The number of benzene rings is 2. The summed E-state index contributed by atoms with van der Waals surface area (Å²) in [6, 6.07) is 12.4. The van der Waals surface area contributed by atoms with E-state index in [9.17, 15) is 13.2 Å². The van der Waals surface area contributed by atoms with Crippen LogP contribution >= 0.6 is 0 Å². The fourth-order valence-electron chi connectivity index (χ4n) is 3.52. The van der Waals surface area contributed by atoms with Gasteiger partial charge in [-0.2, -0.15) is 0 Å². The largest absolute Gasteiger partial charge is 0.493 e. The number of carbonyl (C=O) groups excluding carboxylic acids is 1. The second kappa shape index (κ2) is 7.71. The van der Waals surface area contributed by atoms with Crippen LogP contribution < -0.4 is 18.7 Å². The molecule has 0 aromatic heterocycles. The second-order valence-corrected chi connectivity index (χ2v) is 8.66. The number of methoxy groups -OCH3 is 2. The van der Waals surface area contributed by atoms with E-state index < -0.39 is 10.0 Å². The smallest absolute Gasteiger partial charge is 0.248 e. The number of carbonyl (C=O) groups is 1. The van der Waals surface area contributed by atoms with Crippen molar-refractivity contribution < 1.29 is 22.7 Å². The van der Waals surface area contributed by atoms with E-state index in [1.807, 2.05) is 31.2 Å². The number of hydrogen-bond acceptors (Lipinski definition) is 5. The molecule has 1 aliphatic rings. The molecule has 2 aromatic carbocycles. The molecule has 7 nitrogen and oxygen atoms in total. The van der Waals surface area contributed by atoms with Crippen molar-refractivity contribution in [2.45, 2.75) is 19.4 Å². The van der Waals surface area contributed by atoms with E-state index in [2.05, 4.69) is 0 Å². The number of amides is 1. The normalized spacial score (nSPS) is 15.9. The van der Waals surface area contributed by atoms with Crippen LogP contribution in [0.5, 0.6) is 11.5 Å². The highest BCUT2D eigenvalue weighted by Gasteiger charge is 2.33. The number of fused-ring (bicyclic) bond motifs is 1. The maximum Gasteiger partial charge on any atom is 0.248 e. The summed E-state index contributed by atoms with van der Waals surface area (Å²) in [6.45, 7) is 1.66. The number of sulfonamides is 1. The third kappa shape index (κ3) is 3.77. The third-order valence-electron chi connectivity index (χ3n) is 4.81. The quantitative estimate of drug-likeness (QED) is 0.739. The fraction of sp³-hybridized carbons (Fsp3) is 0.350. The summed E-state index contributed by atoms with van der Waals surface area (Å²) in [5.74, 6) is 0.590. The Hall–Kier alpha value is -2.74. The minimum Gasteiger partial charge on any atom is -0.493 e. The molecule has 2 aromatic rings. The Morgan fingerprint density at radius 3 is 2.46 bits per heavy atom. The van der Waals surface area contributed by atoms with E-state index in [0.29, 0.717) is 17.2 Å². The monoisotopic (exact) mass is 404 g/mol. The molecule has 1 aliphatic heterocycles. The van der Waals surface area contributed by atoms with Gasteiger partial charge in [-0.05, 0) is 37.1 Å². The first-order chi connectivity index (χ1) is 13.3. The summed E-state index contributed by atoms with van der Waals surface area (Å²) < 4.78 is 36.5. The first-order valence-electron chi connectivity index (χ1n) is 8.86. The zero-order chi connectivity index (χ0) is 20.5.